The molecule has 9 aromatic rings. The summed E-state index contributed by atoms with van der Waals surface area (Å²) in [5.41, 5.74) is 10.7. The molecule has 1 fully saturated rings. The molecule has 2 aliphatic carbocycles. The van der Waals surface area contributed by atoms with Crippen molar-refractivity contribution in [3.05, 3.63) is 216 Å². The van der Waals surface area contributed by atoms with Gasteiger partial charge in [-0.25, -0.2) is 0 Å². The van der Waals surface area contributed by atoms with E-state index in [0.29, 0.717) is 17.9 Å². The second kappa shape index (κ2) is 13.1. The molecule has 3 atom stereocenters. The fourth-order valence-electron chi connectivity index (χ4n) is 10.6. The molecule has 1 nitrogen and oxygen atoms in total. The highest BCUT2D eigenvalue weighted by Gasteiger charge is 2.55. The van der Waals surface area contributed by atoms with E-state index in [-0.39, 0.29) is 5.41 Å². The predicted molar refractivity (Wildman–Crippen MR) is 234 cm³/mol. The standard InChI is InChI=1S/C53H41NS/c1-4-16-36(17-5-1)38-19-14-24-41(34-38)54(50-29-15-27-45-46-32-30-37-18-10-11-25-43(37)51(46)55-52(45)50)42-31-33-49-47(35-42)44-26-12-13-28-48(44)53(49,39-20-6-2-7-21-39)40-22-8-3-9-23-40/h1-30,32,34,42,47,49H,31,33,35H2. The second-order valence-electron chi connectivity index (χ2n) is 15.5. The summed E-state index contributed by atoms with van der Waals surface area (Å²) in [7, 11) is 0. The minimum absolute atomic E-state index is 0.195. The Hall–Kier alpha value is -5.96. The third-order valence-electron chi connectivity index (χ3n) is 12.8. The molecule has 2 aliphatic rings. The van der Waals surface area contributed by atoms with Crippen molar-refractivity contribution in [2.45, 2.75) is 36.6 Å². The predicted octanol–water partition coefficient (Wildman–Crippen LogP) is 14.3. The zero-order valence-corrected chi connectivity index (χ0v) is 31.5. The topological polar surface area (TPSA) is 3.24 Å². The van der Waals surface area contributed by atoms with E-state index in [0.717, 1.165) is 19.3 Å². The fourth-order valence-corrected chi connectivity index (χ4v) is 12.0. The smallest absolute Gasteiger partial charge is 0.0595 e. The van der Waals surface area contributed by atoms with Crippen LogP contribution in [0.15, 0.2) is 194 Å². The van der Waals surface area contributed by atoms with Gasteiger partial charge in [-0.05, 0) is 93.5 Å². The summed E-state index contributed by atoms with van der Waals surface area (Å²) in [4.78, 5) is 2.75. The highest BCUT2D eigenvalue weighted by atomic mass is 32.1. The normalized spacial score (nSPS) is 18.7. The molecule has 0 amide bonds. The Kier molecular flexibility index (Phi) is 7.74. The van der Waals surface area contributed by atoms with Crippen molar-refractivity contribution in [3.8, 4) is 11.1 Å². The van der Waals surface area contributed by atoms with Crippen LogP contribution in [0.25, 0.3) is 42.1 Å². The van der Waals surface area contributed by atoms with E-state index in [2.05, 4.69) is 199 Å². The van der Waals surface area contributed by atoms with Gasteiger partial charge in [0.25, 0.3) is 0 Å². The maximum Gasteiger partial charge on any atom is 0.0595 e. The van der Waals surface area contributed by atoms with E-state index in [1.165, 1.54) is 75.7 Å². The molecule has 1 heterocycles. The summed E-state index contributed by atoms with van der Waals surface area (Å²) in [6.45, 7) is 0. The number of thiophene rings is 1. The van der Waals surface area contributed by atoms with E-state index in [9.17, 15) is 0 Å². The van der Waals surface area contributed by atoms with Crippen LogP contribution in [0.4, 0.5) is 11.4 Å². The van der Waals surface area contributed by atoms with E-state index in [1.54, 1.807) is 0 Å². The minimum Gasteiger partial charge on any atom is -0.337 e. The SMILES string of the molecule is c1ccc(-c2cccc(N(c3cccc4c3sc3c5ccccc5ccc43)C3CCC4C(C3)c3ccccc3C4(c3ccccc3)c3ccccc3)c2)cc1. The minimum atomic E-state index is -0.195. The van der Waals surface area contributed by atoms with Crippen molar-refractivity contribution < 1.29 is 0 Å². The van der Waals surface area contributed by atoms with Crippen LogP contribution in [0.1, 0.15) is 47.4 Å². The fraction of sp³-hybridized carbons (Fsp3) is 0.132. The molecule has 0 N–H and O–H groups in total. The Labute approximate surface area is 327 Å². The molecule has 0 radical (unpaired) electrons. The summed E-state index contributed by atoms with van der Waals surface area (Å²) in [5.74, 6) is 0.871. The summed E-state index contributed by atoms with van der Waals surface area (Å²) in [6.07, 6.45) is 3.33. The average Bonchev–Trinajstić information content (AvgIpc) is 3.80. The van der Waals surface area contributed by atoms with E-state index >= 15 is 0 Å². The zero-order valence-electron chi connectivity index (χ0n) is 30.7. The van der Waals surface area contributed by atoms with Crippen LogP contribution in [-0.4, -0.2) is 6.04 Å². The van der Waals surface area contributed by atoms with Crippen molar-refractivity contribution in [1.82, 2.24) is 0 Å². The lowest BCUT2D eigenvalue weighted by atomic mass is 9.60. The number of rotatable bonds is 6. The molecular weight excluding hydrogens is 683 g/mol. The Morgan fingerprint density at radius 3 is 1.93 bits per heavy atom. The first-order chi connectivity index (χ1) is 27.3. The van der Waals surface area contributed by atoms with Crippen LogP contribution in [-0.2, 0) is 5.41 Å². The zero-order chi connectivity index (χ0) is 36.3. The lowest BCUT2D eigenvalue weighted by molar-refractivity contribution is 0.242. The van der Waals surface area contributed by atoms with Crippen LogP contribution in [0.2, 0.25) is 0 Å². The number of fused-ring (bicyclic) bond motifs is 8. The molecule has 11 rings (SSSR count). The number of nitrogens with zero attached hydrogens (tertiary/aromatic N) is 1. The highest BCUT2D eigenvalue weighted by molar-refractivity contribution is 7.27. The molecule has 1 aromatic heterocycles. The third-order valence-corrected chi connectivity index (χ3v) is 14.1. The van der Waals surface area contributed by atoms with E-state index in [1.807, 2.05) is 11.3 Å². The molecule has 2 heteroatoms. The number of benzene rings is 8. The largest absolute Gasteiger partial charge is 0.337 e. The lowest BCUT2D eigenvalue weighted by Gasteiger charge is -2.46. The molecule has 0 spiro atoms. The van der Waals surface area contributed by atoms with Crippen molar-refractivity contribution in [2.24, 2.45) is 5.92 Å². The molecule has 0 aliphatic heterocycles. The molecule has 0 bridgehead atoms. The van der Waals surface area contributed by atoms with Gasteiger partial charge in [0.2, 0.25) is 0 Å². The van der Waals surface area contributed by atoms with E-state index < -0.39 is 0 Å². The highest BCUT2D eigenvalue weighted by Crippen LogP contribution is 2.63. The van der Waals surface area contributed by atoms with E-state index in [4.69, 9.17) is 0 Å². The van der Waals surface area contributed by atoms with Crippen molar-refractivity contribution in [1.29, 1.82) is 0 Å². The van der Waals surface area contributed by atoms with Crippen molar-refractivity contribution in [3.63, 3.8) is 0 Å². The van der Waals surface area contributed by atoms with Gasteiger partial charge >= 0.3 is 0 Å². The summed E-state index contributed by atoms with van der Waals surface area (Å²) in [6, 6.07) is 73.2. The molecule has 264 valence electrons. The average molecular weight is 724 g/mol. The molecule has 3 unspecified atom stereocenters. The third kappa shape index (κ3) is 5.05. The first-order valence-corrected chi connectivity index (χ1v) is 20.6. The van der Waals surface area contributed by atoms with Gasteiger partial charge in [-0.15, -0.1) is 11.3 Å². The molecule has 8 aromatic carbocycles. The van der Waals surface area contributed by atoms with Crippen molar-refractivity contribution in [2.75, 3.05) is 4.90 Å². The van der Waals surface area contributed by atoms with Crippen LogP contribution in [0.3, 0.4) is 0 Å². The second-order valence-corrected chi connectivity index (χ2v) is 16.5. The first-order valence-electron chi connectivity index (χ1n) is 19.8. The molecular formula is C53H41NS. The number of hydrogen-bond acceptors (Lipinski definition) is 2. The molecule has 1 saturated carbocycles. The van der Waals surface area contributed by atoms with Gasteiger partial charge in [0.1, 0.15) is 0 Å². The summed E-state index contributed by atoms with van der Waals surface area (Å²) >= 11 is 1.97. The first kappa shape index (κ1) is 32.5. The quantitative estimate of drug-likeness (QED) is 0.165. The Balaban J connectivity index is 1.10. The van der Waals surface area contributed by atoms with Crippen LogP contribution >= 0.6 is 11.3 Å². The van der Waals surface area contributed by atoms with Gasteiger partial charge in [-0.1, -0.05) is 176 Å². The molecule has 55 heavy (non-hydrogen) atoms. The Morgan fingerprint density at radius 2 is 1.13 bits per heavy atom. The van der Waals surface area contributed by atoms with Gasteiger partial charge in [0.15, 0.2) is 0 Å². The van der Waals surface area contributed by atoms with Gasteiger partial charge < -0.3 is 4.90 Å². The lowest BCUT2D eigenvalue weighted by Crippen LogP contribution is -2.42. The van der Waals surface area contributed by atoms with Crippen LogP contribution in [0, 0.1) is 5.92 Å². The summed E-state index contributed by atoms with van der Waals surface area (Å²) < 4.78 is 2.75. The van der Waals surface area contributed by atoms with Crippen LogP contribution < -0.4 is 4.90 Å². The molecule has 0 saturated heterocycles. The monoisotopic (exact) mass is 723 g/mol. The van der Waals surface area contributed by atoms with Crippen LogP contribution in [0.5, 0.6) is 0 Å². The van der Waals surface area contributed by atoms with Gasteiger partial charge in [-0.2, -0.15) is 0 Å². The summed E-state index contributed by atoms with van der Waals surface area (Å²) in [5, 5.41) is 5.34. The van der Waals surface area contributed by atoms with Gasteiger partial charge in [0.05, 0.1) is 10.4 Å². The van der Waals surface area contributed by atoms with Crippen molar-refractivity contribution >= 4 is 53.7 Å². The Morgan fingerprint density at radius 1 is 0.491 bits per heavy atom. The number of hydrogen-bond donors (Lipinski definition) is 0. The van der Waals surface area contributed by atoms with Gasteiger partial charge in [-0.3, -0.25) is 0 Å². The number of anilines is 2. The van der Waals surface area contributed by atoms with Gasteiger partial charge in [0, 0.05) is 32.6 Å². The maximum absolute atomic E-state index is 2.75. The Bertz CT molecular complexity index is 2780. The maximum atomic E-state index is 2.75.